The number of hydrogen-bond acceptors (Lipinski definition) is 5. The largest absolute Gasteiger partial charge is 1.00 e. The summed E-state index contributed by atoms with van der Waals surface area (Å²) in [6.45, 7) is 4.37. The Morgan fingerprint density at radius 1 is 0.571 bits per heavy atom. The van der Waals surface area contributed by atoms with Crippen molar-refractivity contribution >= 4 is 8.41 Å². The Morgan fingerprint density at radius 3 is 1.29 bits per heavy atom. The molecule has 0 bridgehead atoms. The molecule has 0 saturated heterocycles. The van der Waals surface area contributed by atoms with E-state index in [1.165, 1.54) is 0 Å². The Labute approximate surface area is 140 Å². The van der Waals surface area contributed by atoms with Crippen LogP contribution in [0.4, 0.5) is 0 Å². The fourth-order valence-electron chi connectivity index (χ4n) is 1.65. The van der Waals surface area contributed by atoms with Gasteiger partial charge in [-0.1, -0.05) is 20.5 Å². The fourth-order valence-corrected chi connectivity index (χ4v) is 1.65. The summed E-state index contributed by atoms with van der Waals surface area (Å²) in [4.78, 5) is 0. The molecule has 0 aliphatic carbocycles. The van der Waals surface area contributed by atoms with Gasteiger partial charge >= 0.3 is 18.9 Å². The summed E-state index contributed by atoms with van der Waals surface area (Å²) >= 11 is 0. The van der Waals surface area contributed by atoms with Gasteiger partial charge in [0.2, 0.25) is 0 Å². The van der Waals surface area contributed by atoms with E-state index in [4.69, 9.17) is 23.7 Å². The predicted octanol–water partition coefficient (Wildman–Crippen LogP) is -2.94. The van der Waals surface area contributed by atoms with Crippen molar-refractivity contribution in [2.24, 2.45) is 0 Å². The maximum atomic E-state index is 5.63. The van der Waals surface area contributed by atoms with Crippen LogP contribution in [0.2, 0.25) is 0 Å². The number of para-hydroxylation sites is 2. The third-order valence-electron chi connectivity index (χ3n) is 2.56. The Hall–Kier alpha value is -0.638. The summed E-state index contributed by atoms with van der Waals surface area (Å²) in [5, 5.41) is 0. The minimum atomic E-state index is 0. The molecule has 0 radical (unpaired) electrons. The number of benzene rings is 1. The molecule has 1 aromatic carbocycles. The molecule has 1 aromatic rings. The van der Waals surface area contributed by atoms with Gasteiger partial charge in [-0.3, -0.25) is 0 Å². The minimum Gasteiger partial charge on any atom is -0.487 e. The van der Waals surface area contributed by atoms with E-state index in [0.717, 1.165) is 11.5 Å². The fraction of sp³-hybridized carbons (Fsp3) is 0.571. The maximum Gasteiger partial charge on any atom is 1.00 e. The van der Waals surface area contributed by atoms with E-state index in [1.807, 2.05) is 24.3 Å². The molecule has 0 saturated carbocycles. The van der Waals surface area contributed by atoms with Crippen LogP contribution in [0.3, 0.4) is 0 Å². The number of hydrogen-bond donors (Lipinski definition) is 0. The molecule has 0 fully saturated rings. The first-order valence-electron chi connectivity index (χ1n) is 6.54. The first-order valence-corrected chi connectivity index (χ1v) is 6.54. The molecule has 1 aliphatic heterocycles. The van der Waals surface area contributed by atoms with Crippen LogP contribution in [-0.2, 0) is 14.2 Å². The van der Waals surface area contributed by atoms with Gasteiger partial charge in [0.25, 0.3) is 0 Å². The summed E-state index contributed by atoms with van der Waals surface area (Å²) in [7, 11) is 0. The molecule has 2 rings (SSSR count). The Kier molecular flexibility index (Phi) is 12.7. The average molecular weight is 290 g/mol. The Morgan fingerprint density at radius 2 is 0.905 bits per heavy atom. The van der Waals surface area contributed by atoms with E-state index in [0.29, 0.717) is 52.9 Å². The summed E-state index contributed by atoms with van der Waals surface area (Å²) in [6.07, 6.45) is 0. The summed E-state index contributed by atoms with van der Waals surface area (Å²) in [5.41, 5.74) is 0. The normalized spacial score (nSPS) is 17.3. The molecule has 5 nitrogen and oxygen atoms in total. The van der Waals surface area contributed by atoms with E-state index in [2.05, 4.69) is 0 Å². The van der Waals surface area contributed by atoms with Crippen molar-refractivity contribution in [1.82, 2.24) is 0 Å². The van der Waals surface area contributed by atoms with Gasteiger partial charge in [0.15, 0.2) is 11.5 Å². The van der Waals surface area contributed by atoms with Gasteiger partial charge in [-0.05, 0) is 12.1 Å². The van der Waals surface area contributed by atoms with Gasteiger partial charge in [0.05, 0.1) is 39.6 Å². The second-order valence-corrected chi connectivity index (χ2v) is 3.98. The third kappa shape index (κ3) is 8.40. The quantitative estimate of drug-likeness (QED) is 0.479. The first-order chi connectivity index (χ1) is 9.47. The molecule has 21 heavy (non-hydrogen) atoms. The zero-order valence-electron chi connectivity index (χ0n) is 12.0. The molecule has 0 amide bonds. The van der Waals surface area contributed by atoms with Crippen LogP contribution < -0.4 is 28.3 Å². The number of ether oxygens (including phenoxy) is 5. The minimum absolute atomic E-state index is 0. The monoisotopic (exact) mass is 290 g/mol. The van der Waals surface area contributed by atoms with Crippen molar-refractivity contribution in [1.29, 1.82) is 0 Å². The van der Waals surface area contributed by atoms with Crippen LogP contribution in [0.25, 0.3) is 0 Å². The summed E-state index contributed by atoms with van der Waals surface area (Å²) < 4.78 is 27.4. The van der Waals surface area contributed by atoms with Crippen molar-refractivity contribution in [3.63, 3.8) is 0 Å². The van der Waals surface area contributed by atoms with Gasteiger partial charge in [0.1, 0.15) is 13.2 Å². The van der Waals surface area contributed by atoms with E-state index in [9.17, 15) is 0 Å². The standard InChI is InChI=1S/C14H20O5.BH4.Li/c1-2-4-14-13(3-1)18-11-9-16-7-5-15-6-8-17-10-12-19-14;;/h1-4H,5-12H2;1H4;/q;-1;+1. The predicted molar refractivity (Wildman–Crippen MR) is 81.2 cm³/mol. The van der Waals surface area contributed by atoms with E-state index >= 15 is 0 Å². The SMILES string of the molecule is [BH4-].[Li+].c1ccc2c(c1)OCCOCCOCCOCCO2. The molecule has 0 unspecified atom stereocenters. The van der Waals surface area contributed by atoms with Crippen molar-refractivity contribution < 1.29 is 42.5 Å². The van der Waals surface area contributed by atoms with Crippen LogP contribution in [0.15, 0.2) is 24.3 Å². The molecule has 0 spiro atoms. The van der Waals surface area contributed by atoms with Crippen molar-refractivity contribution in [2.75, 3.05) is 52.9 Å². The van der Waals surface area contributed by atoms with E-state index in [-0.39, 0.29) is 27.3 Å². The molecule has 114 valence electrons. The summed E-state index contributed by atoms with van der Waals surface area (Å²) in [5.74, 6) is 1.47. The molecule has 0 atom stereocenters. The molecule has 1 heterocycles. The van der Waals surface area contributed by atoms with Crippen molar-refractivity contribution in [3.05, 3.63) is 24.3 Å². The van der Waals surface area contributed by atoms with Crippen LogP contribution in [0, 0.1) is 0 Å². The van der Waals surface area contributed by atoms with Crippen molar-refractivity contribution in [3.8, 4) is 11.5 Å². The molecule has 0 N–H and O–H groups in total. The van der Waals surface area contributed by atoms with Crippen molar-refractivity contribution in [2.45, 2.75) is 0 Å². The second kappa shape index (κ2) is 13.1. The molecular formula is C14H24BLiO5. The first kappa shape index (κ1) is 20.4. The van der Waals surface area contributed by atoms with Gasteiger partial charge < -0.3 is 23.7 Å². The Bertz CT molecular complexity index is 334. The third-order valence-corrected chi connectivity index (χ3v) is 2.56. The van der Waals surface area contributed by atoms with Crippen LogP contribution in [0.1, 0.15) is 0 Å². The summed E-state index contributed by atoms with van der Waals surface area (Å²) in [6, 6.07) is 7.61. The second-order valence-electron chi connectivity index (χ2n) is 3.98. The number of fused-ring (bicyclic) bond motifs is 1. The topological polar surface area (TPSA) is 46.2 Å². The van der Waals surface area contributed by atoms with E-state index in [1.54, 1.807) is 0 Å². The van der Waals surface area contributed by atoms with Crippen LogP contribution in [0.5, 0.6) is 11.5 Å². The number of rotatable bonds is 0. The average Bonchev–Trinajstić information content (AvgIpc) is 2.45. The molecule has 0 aromatic heterocycles. The maximum absolute atomic E-state index is 5.63. The van der Waals surface area contributed by atoms with Gasteiger partial charge in [0, 0.05) is 0 Å². The molecule has 1 aliphatic rings. The Balaban J connectivity index is 0.00000200. The van der Waals surface area contributed by atoms with Gasteiger partial charge in [-0.25, -0.2) is 0 Å². The van der Waals surface area contributed by atoms with E-state index < -0.39 is 0 Å². The van der Waals surface area contributed by atoms with Gasteiger partial charge in [-0.2, -0.15) is 0 Å². The molecular weight excluding hydrogens is 266 g/mol. The van der Waals surface area contributed by atoms with Crippen LogP contribution >= 0.6 is 0 Å². The van der Waals surface area contributed by atoms with Gasteiger partial charge in [-0.15, -0.1) is 0 Å². The zero-order chi connectivity index (χ0) is 13.2. The molecule has 7 heteroatoms. The zero-order valence-corrected chi connectivity index (χ0v) is 12.0. The smallest absolute Gasteiger partial charge is 0.487 e. The van der Waals surface area contributed by atoms with Crippen LogP contribution in [-0.4, -0.2) is 61.3 Å².